The summed E-state index contributed by atoms with van der Waals surface area (Å²) in [5.41, 5.74) is 6.77. The molecule has 0 radical (unpaired) electrons. The van der Waals surface area contributed by atoms with Crippen molar-refractivity contribution in [3.63, 3.8) is 0 Å². The molecular formula is C29H35N3O2. The molecule has 0 bridgehead atoms. The molecule has 1 aliphatic rings. The minimum Gasteiger partial charge on any atom is -0.378 e. The Labute approximate surface area is 203 Å². The van der Waals surface area contributed by atoms with Gasteiger partial charge in [-0.1, -0.05) is 53.6 Å². The first-order valence-corrected chi connectivity index (χ1v) is 11.9. The number of benzene rings is 2. The summed E-state index contributed by atoms with van der Waals surface area (Å²) in [4.78, 5) is 22.7. The lowest BCUT2D eigenvalue weighted by Gasteiger charge is -2.33. The highest BCUT2D eigenvalue weighted by atomic mass is 16.5. The number of pyridine rings is 1. The van der Waals surface area contributed by atoms with E-state index in [4.69, 9.17) is 9.72 Å². The average Bonchev–Trinajstić information content (AvgIpc) is 2.83. The van der Waals surface area contributed by atoms with E-state index in [1.165, 1.54) is 0 Å². The zero-order valence-corrected chi connectivity index (χ0v) is 21.2. The predicted octanol–water partition coefficient (Wildman–Crippen LogP) is 5.45. The second kappa shape index (κ2) is 9.59. The number of amides is 1. The van der Waals surface area contributed by atoms with Crippen LogP contribution in [0, 0.1) is 20.8 Å². The average molecular weight is 458 g/mol. The van der Waals surface area contributed by atoms with Crippen molar-refractivity contribution in [3.05, 3.63) is 77.0 Å². The van der Waals surface area contributed by atoms with E-state index in [0.717, 1.165) is 58.0 Å². The molecular weight excluding hydrogens is 422 g/mol. The summed E-state index contributed by atoms with van der Waals surface area (Å²) in [7, 11) is 1.86. The number of morpholine rings is 1. The maximum absolute atomic E-state index is 13.9. The zero-order chi connectivity index (χ0) is 24.5. The fourth-order valence-electron chi connectivity index (χ4n) is 4.75. The van der Waals surface area contributed by atoms with Crippen LogP contribution in [0.25, 0.3) is 11.1 Å². The van der Waals surface area contributed by atoms with Crippen molar-refractivity contribution in [2.75, 3.05) is 43.2 Å². The molecule has 5 nitrogen and oxygen atoms in total. The number of rotatable bonds is 5. The first-order chi connectivity index (χ1) is 16.2. The number of anilines is 2. The molecule has 0 atom stereocenters. The molecule has 0 N–H and O–H groups in total. The Morgan fingerprint density at radius 1 is 0.971 bits per heavy atom. The number of nitrogens with zero attached hydrogens (tertiary/aromatic N) is 3. The van der Waals surface area contributed by atoms with Gasteiger partial charge in [-0.3, -0.25) is 4.79 Å². The van der Waals surface area contributed by atoms with E-state index >= 15 is 0 Å². The van der Waals surface area contributed by atoms with Crippen LogP contribution < -0.4 is 9.80 Å². The summed E-state index contributed by atoms with van der Waals surface area (Å²) < 4.78 is 5.52. The Hall–Kier alpha value is -3.18. The zero-order valence-electron chi connectivity index (χ0n) is 21.2. The molecule has 4 rings (SSSR count). The molecule has 0 aliphatic carbocycles. The fourth-order valence-corrected chi connectivity index (χ4v) is 4.75. The summed E-state index contributed by atoms with van der Waals surface area (Å²) in [6.07, 6.45) is 1.85. The van der Waals surface area contributed by atoms with Crippen molar-refractivity contribution < 1.29 is 9.53 Å². The smallest absolute Gasteiger partial charge is 0.236 e. The topological polar surface area (TPSA) is 45.7 Å². The second-order valence-corrected chi connectivity index (χ2v) is 9.84. The van der Waals surface area contributed by atoms with Crippen molar-refractivity contribution in [2.24, 2.45) is 0 Å². The Morgan fingerprint density at radius 3 is 2.26 bits per heavy atom. The second-order valence-electron chi connectivity index (χ2n) is 9.84. The van der Waals surface area contributed by atoms with E-state index in [9.17, 15) is 4.79 Å². The van der Waals surface area contributed by atoms with Crippen LogP contribution in [0.2, 0.25) is 0 Å². The number of hydrogen-bond acceptors (Lipinski definition) is 4. The van der Waals surface area contributed by atoms with Gasteiger partial charge < -0.3 is 14.5 Å². The molecule has 2 aromatic carbocycles. The van der Waals surface area contributed by atoms with Crippen molar-refractivity contribution >= 4 is 17.4 Å². The Morgan fingerprint density at radius 2 is 1.62 bits per heavy atom. The summed E-state index contributed by atoms with van der Waals surface area (Å²) in [5.74, 6) is 0.952. The van der Waals surface area contributed by atoms with Crippen LogP contribution in [-0.4, -0.2) is 44.2 Å². The molecule has 2 heterocycles. The molecule has 1 aliphatic heterocycles. The normalized spacial score (nSPS) is 14.2. The highest BCUT2D eigenvalue weighted by molar-refractivity contribution is 6.03. The van der Waals surface area contributed by atoms with Gasteiger partial charge in [0.05, 0.1) is 30.5 Å². The van der Waals surface area contributed by atoms with Gasteiger partial charge in [-0.25, -0.2) is 4.98 Å². The third-order valence-corrected chi connectivity index (χ3v) is 6.78. The number of carbonyl (C=O) groups is 1. The van der Waals surface area contributed by atoms with Crippen LogP contribution in [0.5, 0.6) is 0 Å². The van der Waals surface area contributed by atoms with Crippen LogP contribution in [0.3, 0.4) is 0 Å². The van der Waals surface area contributed by atoms with Crippen LogP contribution in [-0.2, 0) is 14.9 Å². The molecule has 0 unspecified atom stereocenters. The van der Waals surface area contributed by atoms with Gasteiger partial charge in [-0.2, -0.15) is 0 Å². The van der Waals surface area contributed by atoms with Gasteiger partial charge in [-0.05, 0) is 57.4 Å². The Bertz CT molecular complexity index is 1180. The van der Waals surface area contributed by atoms with Crippen molar-refractivity contribution in [3.8, 4) is 11.1 Å². The van der Waals surface area contributed by atoms with Gasteiger partial charge >= 0.3 is 0 Å². The maximum Gasteiger partial charge on any atom is 0.236 e. The highest BCUT2D eigenvalue weighted by Crippen LogP contribution is 2.37. The summed E-state index contributed by atoms with van der Waals surface area (Å²) in [6.45, 7) is 13.3. The Kier molecular flexibility index (Phi) is 6.76. The molecule has 0 spiro atoms. The van der Waals surface area contributed by atoms with Crippen LogP contribution in [0.4, 0.5) is 11.5 Å². The summed E-state index contributed by atoms with van der Waals surface area (Å²) >= 11 is 0. The molecule has 1 amide bonds. The first-order valence-electron chi connectivity index (χ1n) is 11.9. The molecule has 34 heavy (non-hydrogen) atoms. The van der Waals surface area contributed by atoms with Gasteiger partial charge in [0.2, 0.25) is 5.91 Å². The maximum atomic E-state index is 13.9. The monoisotopic (exact) mass is 457 g/mol. The third-order valence-electron chi connectivity index (χ3n) is 6.78. The minimum atomic E-state index is -0.683. The summed E-state index contributed by atoms with van der Waals surface area (Å²) in [5, 5.41) is 0. The third kappa shape index (κ3) is 4.71. The largest absolute Gasteiger partial charge is 0.378 e. The molecule has 1 aromatic heterocycles. The number of aromatic nitrogens is 1. The van der Waals surface area contributed by atoms with E-state index in [1.54, 1.807) is 4.90 Å². The standard InChI is InChI=1S/C29H35N3O2/c1-20-15-21(2)17-23(16-20)29(4,5)28(33)31(6)26-19-30-27(32-11-13-34-14-12-32)18-25(26)24-10-8-7-9-22(24)3/h7-10,15-19H,11-14H2,1-6H3. The van der Waals surface area contributed by atoms with E-state index in [2.05, 4.69) is 62.1 Å². The molecule has 1 fully saturated rings. The van der Waals surface area contributed by atoms with Gasteiger partial charge in [0.25, 0.3) is 0 Å². The van der Waals surface area contributed by atoms with Gasteiger partial charge in [0.15, 0.2) is 0 Å². The van der Waals surface area contributed by atoms with Crippen molar-refractivity contribution in [2.45, 2.75) is 40.0 Å². The van der Waals surface area contributed by atoms with Gasteiger partial charge in [0.1, 0.15) is 5.82 Å². The van der Waals surface area contributed by atoms with E-state index < -0.39 is 5.41 Å². The van der Waals surface area contributed by atoms with E-state index in [1.807, 2.05) is 39.2 Å². The molecule has 5 heteroatoms. The quantitative estimate of drug-likeness (QED) is 0.511. The molecule has 178 valence electrons. The summed E-state index contributed by atoms with van der Waals surface area (Å²) in [6, 6.07) is 16.8. The van der Waals surface area contributed by atoms with E-state index in [-0.39, 0.29) is 5.91 Å². The van der Waals surface area contributed by atoms with Crippen LogP contribution >= 0.6 is 0 Å². The highest BCUT2D eigenvalue weighted by Gasteiger charge is 2.34. The fraction of sp³-hybridized carbons (Fsp3) is 0.379. The number of hydrogen-bond donors (Lipinski definition) is 0. The molecule has 3 aromatic rings. The molecule has 0 saturated carbocycles. The van der Waals surface area contributed by atoms with E-state index in [0.29, 0.717) is 13.2 Å². The van der Waals surface area contributed by atoms with Gasteiger partial charge in [-0.15, -0.1) is 0 Å². The van der Waals surface area contributed by atoms with Crippen LogP contribution in [0.1, 0.15) is 36.1 Å². The number of ether oxygens (including phenoxy) is 1. The number of carbonyl (C=O) groups excluding carboxylic acids is 1. The minimum absolute atomic E-state index is 0.0354. The lowest BCUT2D eigenvalue weighted by atomic mass is 9.81. The van der Waals surface area contributed by atoms with Crippen molar-refractivity contribution in [1.82, 2.24) is 4.98 Å². The lowest BCUT2D eigenvalue weighted by molar-refractivity contribution is -0.122. The van der Waals surface area contributed by atoms with Crippen molar-refractivity contribution in [1.29, 1.82) is 0 Å². The number of aryl methyl sites for hydroxylation is 3. The predicted molar refractivity (Wildman–Crippen MR) is 140 cm³/mol. The Balaban J connectivity index is 1.77. The first kappa shape index (κ1) is 24.0. The van der Waals surface area contributed by atoms with Crippen LogP contribution in [0.15, 0.2) is 54.7 Å². The van der Waals surface area contributed by atoms with Gasteiger partial charge in [0, 0.05) is 25.7 Å². The SMILES string of the molecule is Cc1cc(C)cc(C(C)(C)C(=O)N(C)c2cnc(N3CCOCC3)cc2-c2ccccc2C)c1. The lowest BCUT2D eigenvalue weighted by Crippen LogP contribution is -2.42. The molecule has 1 saturated heterocycles. The number of likely N-dealkylation sites (N-methyl/N-ethyl adjacent to an activating group) is 1.